The minimum Gasteiger partial charge on any atom is -0.351 e. The van der Waals surface area contributed by atoms with E-state index in [1.165, 1.54) is 12.8 Å². The van der Waals surface area contributed by atoms with Crippen LogP contribution in [0, 0.1) is 5.92 Å². The van der Waals surface area contributed by atoms with Gasteiger partial charge in [0.25, 0.3) is 0 Å². The highest BCUT2D eigenvalue weighted by molar-refractivity contribution is 6.32. The van der Waals surface area contributed by atoms with E-state index in [0.29, 0.717) is 11.1 Å². The number of piperidine rings is 1. The molecule has 5 heteroatoms. The summed E-state index contributed by atoms with van der Waals surface area (Å²) < 4.78 is 0. The van der Waals surface area contributed by atoms with Gasteiger partial charge in [-0.1, -0.05) is 11.6 Å². The standard InChI is InChI=1S/C11H15ClN4/c12-9-5-14-7-15-11(9)16-3-1-2-8-4-13-6-10(8)16/h5,7-8,10,13H,1-4,6H2. The Labute approximate surface area is 100 Å². The summed E-state index contributed by atoms with van der Waals surface area (Å²) in [7, 11) is 0. The Morgan fingerprint density at radius 1 is 1.44 bits per heavy atom. The number of anilines is 1. The third-order valence-electron chi connectivity index (χ3n) is 3.60. The van der Waals surface area contributed by atoms with Gasteiger partial charge in [0, 0.05) is 25.7 Å². The molecule has 2 aliphatic rings. The summed E-state index contributed by atoms with van der Waals surface area (Å²) in [5, 5.41) is 4.12. The predicted octanol–water partition coefficient (Wildman–Crippen LogP) is 1.32. The van der Waals surface area contributed by atoms with Crippen LogP contribution in [0.1, 0.15) is 12.8 Å². The highest BCUT2D eigenvalue weighted by Crippen LogP contribution is 2.32. The zero-order valence-corrected chi connectivity index (χ0v) is 9.82. The van der Waals surface area contributed by atoms with Crippen LogP contribution in [0.4, 0.5) is 5.82 Å². The normalized spacial score (nSPS) is 29.2. The lowest BCUT2D eigenvalue weighted by Crippen LogP contribution is -2.45. The third-order valence-corrected chi connectivity index (χ3v) is 3.87. The highest BCUT2D eigenvalue weighted by Gasteiger charge is 2.36. The first kappa shape index (κ1) is 10.3. The molecule has 2 atom stereocenters. The van der Waals surface area contributed by atoms with Gasteiger partial charge in [0.1, 0.15) is 11.3 Å². The minimum absolute atomic E-state index is 0.557. The first-order valence-electron chi connectivity index (χ1n) is 5.79. The molecule has 3 heterocycles. The summed E-state index contributed by atoms with van der Waals surface area (Å²) in [4.78, 5) is 10.6. The SMILES string of the molecule is Clc1cncnc1N1CCCC2CNCC21. The van der Waals surface area contributed by atoms with Gasteiger partial charge in [-0.3, -0.25) is 0 Å². The van der Waals surface area contributed by atoms with Gasteiger partial charge in [0.2, 0.25) is 0 Å². The summed E-state index contributed by atoms with van der Waals surface area (Å²) >= 11 is 6.16. The van der Waals surface area contributed by atoms with Crippen molar-refractivity contribution in [2.24, 2.45) is 5.92 Å². The molecule has 0 spiro atoms. The Morgan fingerprint density at radius 2 is 2.38 bits per heavy atom. The molecule has 16 heavy (non-hydrogen) atoms. The van der Waals surface area contributed by atoms with E-state index in [1.807, 2.05) is 0 Å². The van der Waals surface area contributed by atoms with Crippen LogP contribution < -0.4 is 10.2 Å². The van der Waals surface area contributed by atoms with Gasteiger partial charge in [-0.2, -0.15) is 0 Å². The Bertz CT molecular complexity index is 384. The van der Waals surface area contributed by atoms with Crippen LogP contribution >= 0.6 is 11.6 Å². The highest BCUT2D eigenvalue weighted by atomic mass is 35.5. The maximum absolute atomic E-state index is 6.16. The summed E-state index contributed by atoms with van der Waals surface area (Å²) in [5.74, 6) is 1.65. The molecular formula is C11H15ClN4. The first-order chi connectivity index (χ1) is 7.86. The molecule has 0 aromatic carbocycles. The van der Waals surface area contributed by atoms with E-state index in [4.69, 9.17) is 11.6 Å². The molecule has 0 aliphatic carbocycles. The van der Waals surface area contributed by atoms with Crippen LogP contribution in [0.3, 0.4) is 0 Å². The van der Waals surface area contributed by atoms with Gasteiger partial charge >= 0.3 is 0 Å². The molecule has 0 saturated carbocycles. The van der Waals surface area contributed by atoms with Crippen molar-refractivity contribution in [2.75, 3.05) is 24.5 Å². The number of hydrogen-bond acceptors (Lipinski definition) is 4. The monoisotopic (exact) mass is 238 g/mol. The van der Waals surface area contributed by atoms with E-state index in [9.17, 15) is 0 Å². The Morgan fingerprint density at radius 3 is 3.25 bits per heavy atom. The Balaban J connectivity index is 1.91. The van der Waals surface area contributed by atoms with Gasteiger partial charge in [-0.15, -0.1) is 0 Å². The van der Waals surface area contributed by atoms with Crippen molar-refractivity contribution < 1.29 is 0 Å². The lowest BCUT2D eigenvalue weighted by Gasteiger charge is -2.38. The molecule has 3 rings (SSSR count). The average molecular weight is 239 g/mol. The zero-order valence-electron chi connectivity index (χ0n) is 9.06. The number of nitrogens with zero attached hydrogens (tertiary/aromatic N) is 3. The van der Waals surface area contributed by atoms with Gasteiger partial charge in [-0.05, 0) is 18.8 Å². The van der Waals surface area contributed by atoms with Crippen molar-refractivity contribution in [3.63, 3.8) is 0 Å². The summed E-state index contributed by atoms with van der Waals surface area (Å²) in [6, 6.07) is 0.557. The van der Waals surface area contributed by atoms with Gasteiger partial charge in [-0.25, -0.2) is 9.97 Å². The number of hydrogen-bond donors (Lipinski definition) is 1. The number of fused-ring (bicyclic) bond motifs is 1. The first-order valence-corrected chi connectivity index (χ1v) is 6.17. The van der Waals surface area contributed by atoms with E-state index in [2.05, 4.69) is 20.2 Å². The number of nitrogens with one attached hydrogen (secondary N) is 1. The van der Waals surface area contributed by atoms with Gasteiger partial charge in [0.05, 0.1) is 6.20 Å². The van der Waals surface area contributed by atoms with Crippen LogP contribution in [-0.2, 0) is 0 Å². The van der Waals surface area contributed by atoms with Crippen LogP contribution in [-0.4, -0.2) is 35.6 Å². The quantitative estimate of drug-likeness (QED) is 0.801. The maximum Gasteiger partial charge on any atom is 0.151 e. The minimum atomic E-state index is 0.557. The molecule has 1 aromatic heterocycles. The second kappa shape index (κ2) is 4.18. The molecule has 86 valence electrons. The zero-order chi connectivity index (χ0) is 11.0. The lowest BCUT2D eigenvalue weighted by atomic mass is 9.92. The summed E-state index contributed by atoms with van der Waals surface area (Å²) in [6.45, 7) is 3.23. The topological polar surface area (TPSA) is 41.1 Å². The van der Waals surface area contributed by atoms with Crippen molar-refractivity contribution in [2.45, 2.75) is 18.9 Å². The third kappa shape index (κ3) is 1.66. The van der Waals surface area contributed by atoms with Gasteiger partial charge < -0.3 is 10.2 Å². The van der Waals surface area contributed by atoms with E-state index in [0.717, 1.165) is 31.4 Å². The molecule has 2 aliphatic heterocycles. The number of halogens is 1. The van der Waals surface area contributed by atoms with Crippen LogP contribution in [0.15, 0.2) is 12.5 Å². The van der Waals surface area contributed by atoms with Crippen LogP contribution in [0.25, 0.3) is 0 Å². The molecule has 1 N–H and O–H groups in total. The van der Waals surface area contributed by atoms with Crippen molar-refractivity contribution in [1.29, 1.82) is 0 Å². The number of rotatable bonds is 1. The molecule has 2 saturated heterocycles. The second-order valence-electron chi connectivity index (χ2n) is 4.52. The second-order valence-corrected chi connectivity index (χ2v) is 4.92. The Kier molecular flexibility index (Phi) is 2.69. The number of aromatic nitrogens is 2. The van der Waals surface area contributed by atoms with Crippen molar-refractivity contribution in [3.8, 4) is 0 Å². The molecule has 0 amide bonds. The van der Waals surface area contributed by atoms with Crippen molar-refractivity contribution in [3.05, 3.63) is 17.5 Å². The van der Waals surface area contributed by atoms with Crippen LogP contribution in [0.5, 0.6) is 0 Å². The van der Waals surface area contributed by atoms with Crippen molar-refractivity contribution >= 4 is 17.4 Å². The van der Waals surface area contributed by atoms with Crippen LogP contribution in [0.2, 0.25) is 5.02 Å². The summed E-state index contributed by atoms with van der Waals surface area (Å²) in [5.41, 5.74) is 0. The average Bonchev–Trinajstić information content (AvgIpc) is 2.77. The predicted molar refractivity (Wildman–Crippen MR) is 63.8 cm³/mol. The molecule has 0 radical (unpaired) electrons. The molecule has 1 aromatic rings. The molecule has 2 fully saturated rings. The van der Waals surface area contributed by atoms with E-state index in [-0.39, 0.29) is 0 Å². The van der Waals surface area contributed by atoms with Crippen molar-refractivity contribution in [1.82, 2.24) is 15.3 Å². The fourth-order valence-corrected chi connectivity index (χ4v) is 3.06. The summed E-state index contributed by atoms with van der Waals surface area (Å²) in [6.07, 6.45) is 5.79. The smallest absolute Gasteiger partial charge is 0.151 e. The fraction of sp³-hybridized carbons (Fsp3) is 0.636. The van der Waals surface area contributed by atoms with Gasteiger partial charge in [0.15, 0.2) is 5.82 Å². The molecular weight excluding hydrogens is 224 g/mol. The maximum atomic E-state index is 6.16. The molecule has 0 bridgehead atoms. The molecule has 2 unspecified atom stereocenters. The lowest BCUT2D eigenvalue weighted by molar-refractivity contribution is 0.383. The van der Waals surface area contributed by atoms with E-state index in [1.54, 1.807) is 12.5 Å². The largest absolute Gasteiger partial charge is 0.351 e. The van der Waals surface area contributed by atoms with E-state index < -0.39 is 0 Å². The van der Waals surface area contributed by atoms with E-state index >= 15 is 0 Å². The Hall–Kier alpha value is -0.870. The fourth-order valence-electron chi connectivity index (χ4n) is 2.85. The molecule has 4 nitrogen and oxygen atoms in total.